The summed E-state index contributed by atoms with van der Waals surface area (Å²) >= 11 is 0. The summed E-state index contributed by atoms with van der Waals surface area (Å²) in [6.45, 7) is 1.99. The number of hydrazone groups is 1. The minimum atomic E-state index is -0.659. The van der Waals surface area contributed by atoms with Crippen molar-refractivity contribution in [3.63, 3.8) is 0 Å². The van der Waals surface area contributed by atoms with Crippen LogP contribution in [-0.4, -0.2) is 21.4 Å². The van der Waals surface area contributed by atoms with Gasteiger partial charge < -0.3 is 0 Å². The van der Waals surface area contributed by atoms with Crippen LogP contribution in [0.25, 0.3) is 0 Å². The van der Waals surface area contributed by atoms with E-state index in [1.807, 2.05) is 36.2 Å². The zero-order chi connectivity index (χ0) is 13.0. The molecular formula is C11H11N5O2. The van der Waals surface area contributed by atoms with Gasteiger partial charge in [-0.2, -0.15) is 5.10 Å². The molecule has 1 aromatic heterocycles. The molecule has 0 saturated carbocycles. The number of aromatic nitrogens is 3. The lowest BCUT2D eigenvalue weighted by molar-refractivity contribution is 0.890. The Morgan fingerprint density at radius 2 is 2.00 bits per heavy atom. The minimum absolute atomic E-state index is 0.0713. The van der Waals surface area contributed by atoms with Crippen LogP contribution in [0.4, 0.5) is 5.82 Å². The highest BCUT2D eigenvalue weighted by molar-refractivity contribution is 5.80. The van der Waals surface area contributed by atoms with E-state index in [-0.39, 0.29) is 5.82 Å². The summed E-state index contributed by atoms with van der Waals surface area (Å²) in [5.41, 5.74) is 3.20. The molecule has 7 heteroatoms. The monoisotopic (exact) mass is 245 g/mol. The van der Waals surface area contributed by atoms with Gasteiger partial charge >= 0.3 is 5.69 Å². The Morgan fingerprint density at radius 3 is 2.67 bits per heavy atom. The Kier molecular flexibility index (Phi) is 3.33. The van der Waals surface area contributed by atoms with Crippen LogP contribution in [0, 0.1) is 6.92 Å². The molecule has 0 aliphatic carbocycles. The van der Waals surface area contributed by atoms with Crippen LogP contribution in [0.3, 0.4) is 0 Å². The molecule has 0 saturated heterocycles. The van der Waals surface area contributed by atoms with Crippen LogP contribution in [0.15, 0.2) is 39.0 Å². The fourth-order valence-corrected chi connectivity index (χ4v) is 1.24. The number of aryl methyl sites for hydroxylation is 1. The Balaban J connectivity index is 2.09. The van der Waals surface area contributed by atoms with Gasteiger partial charge in [0.15, 0.2) is 0 Å². The molecule has 0 fully saturated rings. The summed E-state index contributed by atoms with van der Waals surface area (Å²) < 4.78 is 0. The number of nitrogens with one attached hydrogen (secondary N) is 3. The zero-order valence-corrected chi connectivity index (χ0v) is 9.60. The normalized spacial score (nSPS) is 10.7. The molecule has 0 aliphatic rings. The van der Waals surface area contributed by atoms with Crippen LogP contribution >= 0.6 is 0 Å². The minimum Gasteiger partial charge on any atom is -0.270 e. The van der Waals surface area contributed by atoms with Crippen LogP contribution in [0.1, 0.15) is 11.1 Å². The third-order valence-corrected chi connectivity index (χ3v) is 2.17. The lowest BCUT2D eigenvalue weighted by atomic mass is 10.2. The summed E-state index contributed by atoms with van der Waals surface area (Å²) in [6, 6.07) is 7.69. The molecular weight excluding hydrogens is 234 g/mol. The molecule has 0 aliphatic heterocycles. The summed E-state index contributed by atoms with van der Waals surface area (Å²) in [7, 11) is 0. The second-order valence-corrected chi connectivity index (χ2v) is 3.64. The number of hydrogen-bond donors (Lipinski definition) is 3. The van der Waals surface area contributed by atoms with Crippen LogP contribution < -0.4 is 16.7 Å². The molecule has 2 aromatic rings. The second kappa shape index (κ2) is 5.09. The first-order valence-corrected chi connectivity index (χ1v) is 5.20. The van der Waals surface area contributed by atoms with Gasteiger partial charge in [-0.1, -0.05) is 29.8 Å². The molecule has 1 heterocycles. The third kappa shape index (κ3) is 2.91. The number of nitrogens with zero attached hydrogens (tertiary/aromatic N) is 2. The number of hydrogen-bond acceptors (Lipinski definition) is 5. The average Bonchev–Trinajstić information content (AvgIpc) is 2.34. The van der Waals surface area contributed by atoms with E-state index in [9.17, 15) is 9.59 Å². The first kappa shape index (κ1) is 11.8. The van der Waals surface area contributed by atoms with Crippen molar-refractivity contribution in [3.05, 3.63) is 56.2 Å². The van der Waals surface area contributed by atoms with E-state index in [1.54, 1.807) is 6.21 Å². The van der Waals surface area contributed by atoms with Crippen LogP contribution in [0.5, 0.6) is 0 Å². The van der Waals surface area contributed by atoms with Gasteiger partial charge in [-0.05, 0) is 12.5 Å². The van der Waals surface area contributed by atoms with Crippen molar-refractivity contribution in [1.82, 2.24) is 15.2 Å². The lowest BCUT2D eigenvalue weighted by Gasteiger charge is -1.96. The molecule has 2 rings (SSSR count). The molecule has 7 nitrogen and oxygen atoms in total. The predicted molar refractivity (Wildman–Crippen MR) is 67.9 cm³/mol. The van der Waals surface area contributed by atoms with E-state index in [2.05, 4.69) is 20.7 Å². The highest BCUT2D eigenvalue weighted by Gasteiger charge is 1.98. The molecule has 0 atom stereocenters. The number of H-pyrrole nitrogens is 2. The quantitative estimate of drug-likeness (QED) is 0.531. The van der Waals surface area contributed by atoms with Gasteiger partial charge in [0.05, 0.1) is 6.21 Å². The van der Waals surface area contributed by atoms with E-state index >= 15 is 0 Å². The largest absolute Gasteiger partial charge is 0.342 e. The molecule has 0 unspecified atom stereocenters. The second-order valence-electron chi connectivity index (χ2n) is 3.64. The lowest BCUT2D eigenvalue weighted by Crippen LogP contribution is -2.25. The first-order chi connectivity index (χ1) is 8.65. The molecule has 0 spiro atoms. The Labute approximate surface area is 102 Å². The van der Waals surface area contributed by atoms with Crippen molar-refractivity contribution >= 4 is 12.0 Å². The molecule has 1 aromatic carbocycles. The van der Waals surface area contributed by atoms with E-state index in [0.717, 1.165) is 11.1 Å². The number of benzene rings is 1. The maximum atomic E-state index is 11.3. The van der Waals surface area contributed by atoms with Crippen molar-refractivity contribution in [2.45, 2.75) is 6.92 Å². The SMILES string of the molecule is Cc1ccc(/C=N/Nc2n[nH]c(=O)[nH]c2=O)cc1. The van der Waals surface area contributed by atoms with Crippen molar-refractivity contribution in [2.75, 3.05) is 5.43 Å². The van der Waals surface area contributed by atoms with Crippen molar-refractivity contribution in [3.8, 4) is 0 Å². The molecule has 0 bridgehead atoms. The van der Waals surface area contributed by atoms with Crippen molar-refractivity contribution in [1.29, 1.82) is 0 Å². The van der Waals surface area contributed by atoms with Crippen molar-refractivity contribution in [2.24, 2.45) is 5.10 Å². The zero-order valence-electron chi connectivity index (χ0n) is 9.60. The van der Waals surface area contributed by atoms with E-state index in [4.69, 9.17) is 0 Å². The summed E-state index contributed by atoms with van der Waals surface area (Å²) in [4.78, 5) is 24.0. The number of rotatable bonds is 3. The maximum absolute atomic E-state index is 11.3. The van der Waals surface area contributed by atoms with E-state index < -0.39 is 11.2 Å². The molecule has 18 heavy (non-hydrogen) atoms. The molecule has 0 amide bonds. The third-order valence-electron chi connectivity index (χ3n) is 2.17. The van der Waals surface area contributed by atoms with Crippen LogP contribution in [0.2, 0.25) is 0 Å². The van der Waals surface area contributed by atoms with E-state index in [0.29, 0.717) is 0 Å². The summed E-state index contributed by atoms with van der Waals surface area (Å²) in [5.74, 6) is -0.0713. The van der Waals surface area contributed by atoms with Gasteiger partial charge in [0.25, 0.3) is 5.56 Å². The van der Waals surface area contributed by atoms with Gasteiger partial charge in [-0.25, -0.2) is 9.89 Å². The fourth-order valence-electron chi connectivity index (χ4n) is 1.24. The average molecular weight is 245 g/mol. The summed E-state index contributed by atoms with van der Waals surface area (Å²) in [6.07, 6.45) is 1.55. The Morgan fingerprint density at radius 1 is 1.28 bits per heavy atom. The Bertz CT molecular complexity index is 669. The van der Waals surface area contributed by atoms with E-state index in [1.165, 1.54) is 0 Å². The highest BCUT2D eigenvalue weighted by atomic mass is 16.2. The topological polar surface area (TPSA) is 103 Å². The highest BCUT2D eigenvalue weighted by Crippen LogP contribution is 2.00. The Hall–Kier alpha value is -2.70. The standard InChI is InChI=1S/C11H11N5O2/c1-7-2-4-8(5-3-7)6-12-14-9-10(17)13-11(18)16-15-9/h2-6H,1H3,(H,14,15)(H2,13,16,17,18)/b12-6+. The number of anilines is 1. The van der Waals surface area contributed by atoms with Crippen LogP contribution in [-0.2, 0) is 0 Å². The fraction of sp³-hybridized carbons (Fsp3) is 0.0909. The van der Waals surface area contributed by atoms with Gasteiger partial charge in [0, 0.05) is 0 Å². The first-order valence-electron chi connectivity index (χ1n) is 5.20. The van der Waals surface area contributed by atoms with Gasteiger partial charge in [0.2, 0.25) is 5.82 Å². The maximum Gasteiger partial charge on any atom is 0.342 e. The molecule has 3 N–H and O–H groups in total. The summed E-state index contributed by atoms with van der Waals surface area (Å²) in [5, 5.41) is 9.47. The predicted octanol–water partition coefficient (Wildman–Crippen LogP) is 0.213. The van der Waals surface area contributed by atoms with Gasteiger partial charge in [-0.15, -0.1) is 5.10 Å². The molecule has 0 radical (unpaired) electrons. The molecule has 92 valence electrons. The smallest absolute Gasteiger partial charge is 0.270 e. The number of aromatic amines is 2. The van der Waals surface area contributed by atoms with Gasteiger partial charge in [0.1, 0.15) is 0 Å². The van der Waals surface area contributed by atoms with Gasteiger partial charge in [-0.3, -0.25) is 15.2 Å². The van der Waals surface area contributed by atoms with Crippen molar-refractivity contribution < 1.29 is 0 Å².